The monoisotopic (exact) mass is 230 g/mol. The largest absolute Gasteiger partial charge is 0.455 e. The van der Waals surface area contributed by atoms with E-state index in [1.165, 1.54) is 0 Å². The smallest absolute Gasteiger partial charge is 0.370 e. The molecule has 0 N–H and O–H groups in total. The second-order valence-corrected chi connectivity index (χ2v) is 4.68. The minimum absolute atomic E-state index is 0.136. The minimum atomic E-state index is -1.20. The molecule has 1 aliphatic rings. The molecule has 4 nitrogen and oxygen atoms in total. The van der Waals surface area contributed by atoms with Crippen LogP contribution >= 0.6 is 0 Å². The fraction of sp³-hybridized carbons (Fsp3) is 0.636. The van der Waals surface area contributed by atoms with Crippen LogP contribution in [0.1, 0.15) is 33.6 Å². The van der Waals surface area contributed by atoms with E-state index in [4.69, 9.17) is 4.74 Å². The predicted octanol–water partition coefficient (Wildman–Crippen LogP) is 2.09. The third-order valence-electron chi connectivity index (χ3n) is 1.78. The molecule has 5 heteroatoms. The van der Waals surface area contributed by atoms with Crippen LogP contribution in [0.4, 0.5) is 4.39 Å². The van der Waals surface area contributed by atoms with Crippen molar-refractivity contribution in [2.45, 2.75) is 39.2 Å². The van der Waals surface area contributed by atoms with Crippen molar-refractivity contribution in [1.82, 2.24) is 0 Å². The maximum atomic E-state index is 13.1. The average molecular weight is 230 g/mol. The zero-order valence-electron chi connectivity index (χ0n) is 9.58. The fourth-order valence-electron chi connectivity index (χ4n) is 0.900. The van der Waals surface area contributed by atoms with Gasteiger partial charge in [-0.15, -0.1) is 0 Å². The van der Waals surface area contributed by atoms with Crippen LogP contribution in [0.5, 0.6) is 0 Å². The van der Waals surface area contributed by atoms with Crippen LogP contribution in [0.15, 0.2) is 12.1 Å². The second-order valence-electron chi connectivity index (χ2n) is 4.68. The van der Waals surface area contributed by atoms with Gasteiger partial charge in [-0.1, -0.05) is 0 Å². The molecule has 1 aliphatic carbocycles. The van der Waals surface area contributed by atoms with Gasteiger partial charge in [0.25, 0.3) is 0 Å². The average Bonchev–Trinajstić information content (AvgIpc) is 2.93. The number of halogens is 1. The topological polar surface area (TPSA) is 52.6 Å². The van der Waals surface area contributed by atoms with Crippen molar-refractivity contribution in [2.24, 2.45) is 5.92 Å². The van der Waals surface area contributed by atoms with Crippen LogP contribution in [0.3, 0.4) is 0 Å². The van der Waals surface area contributed by atoms with Crippen molar-refractivity contribution in [2.75, 3.05) is 0 Å². The number of hydrogen-bond donors (Lipinski definition) is 0. The summed E-state index contributed by atoms with van der Waals surface area (Å²) < 4.78 is 22.3. The van der Waals surface area contributed by atoms with E-state index < -0.39 is 23.4 Å². The Balaban J connectivity index is 2.42. The summed E-state index contributed by atoms with van der Waals surface area (Å²) in [6.07, 6.45) is 2.04. The van der Waals surface area contributed by atoms with Crippen molar-refractivity contribution in [3.8, 4) is 0 Å². The maximum Gasteiger partial charge on any atom is 0.370 e. The Kier molecular flexibility index (Phi) is 3.67. The molecule has 0 heterocycles. The Labute approximate surface area is 93.4 Å². The van der Waals surface area contributed by atoms with E-state index in [2.05, 4.69) is 4.74 Å². The Morgan fingerprint density at radius 3 is 2.31 bits per heavy atom. The molecule has 0 saturated heterocycles. The van der Waals surface area contributed by atoms with E-state index in [0.717, 1.165) is 12.8 Å². The number of carbonyl (C=O) groups excluding carboxylic acids is 2. The van der Waals surface area contributed by atoms with E-state index in [0.29, 0.717) is 6.26 Å². The van der Waals surface area contributed by atoms with Crippen LogP contribution in [-0.2, 0) is 19.1 Å². The summed E-state index contributed by atoms with van der Waals surface area (Å²) in [5, 5.41) is 0. The lowest BCUT2D eigenvalue weighted by atomic mass is 10.2. The van der Waals surface area contributed by atoms with Crippen LogP contribution in [-0.4, -0.2) is 17.5 Å². The van der Waals surface area contributed by atoms with Gasteiger partial charge in [0, 0.05) is 0 Å². The Morgan fingerprint density at radius 2 is 1.88 bits per heavy atom. The number of esters is 2. The third-order valence-corrected chi connectivity index (χ3v) is 1.78. The molecule has 0 aliphatic heterocycles. The van der Waals surface area contributed by atoms with Crippen LogP contribution < -0.4 is 0 Å². The van der Waals surface area contributed by atoms with Crippen molar-refractivity contribution in [3.63, 3.8) is 0 Å². The first-order chi connectivity index (χ1) is 7.29. The Hall–Kier alpha value is -1.39. The number of rotatable bonds is 3. The van der Waals surface area contributed by atoms with Gasteiger partial charge in [-0.3, -0.25) is 4.79 Å². The van der Waals surface area contributed by atoms with Crippen LogP contribution in [0.2, 0.25) is 0 Å². The highest BCUT2D eigenvalue weighted by Gasteiger charge is 2.31. The lowest BCUT2D eigenvalue weighted by molar-refractivity contribution is -0.152. The molecule has 16 heavy (non-hydrogen) atoms. The van der Waals surface area contributed by atoms with Gasteiger partial charge in [0.1, 0.15) is 11.9 Å². The highest BCUT2D eigenvalue weighted by molar-refractivity contribution is 5.86. The molecule has 90 valence electrons. The molecular formula is C11H15FO4. The summed E-state index contributed by atoms with van der Waals surface area (Å²) in [6, 6.07) is 0. The zero-order chi connectivity index (χ0) is 12.3. The van der Waals surface area contributed by atoms with Gasteiger partial charge in [-0.05, 0) is 33.6 Å². The molecule has 0 spiro atoms. The summed E-state index contributed by atoms with van der Waals surface area (Å²) >= 11 is 0. The van der Waals surface area contributed by atoms with Gasteiger partial charge in [0.05, 0.1) is 5.92 Å². The summed E-state index contributed by atoms with van der Waals surface area (Å²) in [5.74, 6) is -2.97. The van der Waals surface area contributed by atoms with Crippen molar-refractivity contribution in [3.05, 3.63) is 12.1 Å². The van der Waals surface area contributed by atoms with Gasteiger partial charge in [0.2, 0.25) is 5.83 Å². The fourth-order valence-corrected chi connectivity index (χ4v) is 0.900. The van der Waals surface area contributed by atoms with Gasteiger partial charge >= 0.3 is 11.9 Å². The predicted molar refractivity (Wildman–Crippen MR) is 53.9 cm³/mol. The molecule has 0 unspecified atom stereocenters. The highest BCUT2D eigenvalue weighted by atomic mass is 19.1. The van der Waals surface area contributed by atoms with E-state index in [1.54, 1.807) is 20.8 Å². The molecular weight excluding hydrogens is 215 g/mol. The molecule has 0 atom stereocenters. The lowest BCUT2D eigenvalue weighted by Gasteiger charge is -2.18. The van der Waals surface area contributed by atoms with Gasteiger partial charge in [-0.25, -0.2) is 4.79 Å². The summed E-state index contributed by atoms with van der Waals surface area (Å²) in [7, 11) is 0. The van der Waals surface area contributed by atoms with Crippen LogP contribution in [0, 0.1) is 5.92 Å². The Morgan fingerprint density at radius 1 is 1.31 bits per heavy atom. The minimum Gasteiger partial charge on any atom is -0.455 e. The quantitative estimate of drug-likeness (QED) is 0.423. The maximum absolute atomic E-state index is 13.1. The van der Waals surface area contributed by atoms with Crippen molar-refractivity contribution in [1.29, 1.82) is 0 Å². The first-order valence-corrected chi connectivity index (χ1v) is 5.09. The van der Waals surface area contributed by atoms with Gasteiger partial charge in [-0.2, -0.15) is 4.39 Å². The molecule has 0 aromatic heterocycles. The summed E-state index contributed by atoms with van der Waals surface area (Å²) in [6.45, 7) is 4.86. The molecule has 0 radical (unpaired) electrons. The zero-order valence-corrected chi connectivity index (χ0v) is 9.58. The lowest BCUT2D eigenvalue weighted by Crippen LogP contribution is -2.24. The van der Waals surface area contributed by atoms with E-state index >= 15 is 0 Å². The van der Waals surface area contributed by atoms with Crippen molar-refractivity contribution >= 4 is 11.9 Å². The van der Waals surface area contributed by atoms with Crippen LogP contribution in [0.25, 0.3) is 0 Å². The third kappa shape index (κ3) is 4.42. The normalized spacial score (nSPS) is 16.9. The number of carbonyl (C=O) groups is 2. The molecule has 0 aromatic carbocycles. The van der Waals surface area contributed by atoms with E-state index in [-0.39, 0.29) is 5.92 Å². The summed E-state index contributed by atoms with van der Waals surface area (Å²) in [4.78, 5) is 22.1. The SMILES string of the molecule is CC(C)(C)OC(=O)C(F)=COC(=O)C1CC1. The molecule has 0 aromatic rings. The first kappa shape index (κ1) is 12.7. The molecule has 0 bridgehead atoms. The highest BCUT2D eigenvalue weighted by Crippen LogP contribution is 2.30. The molecule has 1 saturated carbocycles. The molecule has 1 rings (SSSR count). The number of ether oxygens (including phenoxy) is 2. The Bertz CT molecular complexity index is 323. The first-order valence-electron chi connectivity index (χ1n) is 5.09. The van der Waals surface area contributed by atoms with E-state index in [1.807, 2.05) is 0 Å². The summed E-state index contributed by atoms with van der Waals surface area (Å²) in [5.41, 5.74) is -0.775. The molecule has 0 amide bonds. The molecule has 1 fully saturated rings. The second kappa shape index (κ2) is 4.63. The van der Waals surface area contributed by atoms with Gasteiger partial charge < -0.3 is 9.47 Å². The van der Waals surface area contributed by atoms with Gasteiger partial charge in [0.15, 0.2) is 0 Å². The van der Waals surface area contributed by atoms with E-state index in [9.17, 15) is 14.0 Å². The number of hydrogen-bond acceptors (Lipinski definition) is 4. The van der Waals surface area contributed by atoms with Crippen molar-refractivity contribution < 1.29 is 23.5 Å². The standard InChI is InChI=1S/C11H15FO4/c1-11(2,3)16-10(14)8(12)6-15-9(13)7-4-5-7/h6-7H,4-5H2,1-3H3.